The van der Waals surface area contributed by atoms with Gasteiger partial charge in [0.25, 0.3) is 0 Å². The first-order valence-electron chi connectivity index (χ1n) is 6.20. The largest absolute Gasteiger partial charge is 0.490 e. The molecule has 0 bridgehead atoms. The number of benzene rings is 1. The van der Waals surface area contributed by atoms with Crippen molar-refractivity contribution in [1.82, 2.24) is 5.32 Å². The van der Waals surface area contributed by atoms with Gasteiger partial charge in [-0.1, -0.05) is 22.0 Å². The maximum absolute atomic E-state index is 13.3. The Morgan fingerprint density at radius 3 is 2.17 bits per heavy atom. The van der Waals surface area contributed by atoms with Crippen LogP contribution in [0.2, 0.25) is 0 Å². The molecule has 0 aliphatic rings. The summed E-state index contributed by atoms with van der Waals surface area (Å²) < 4.78 is 45.8. The third-order valence-electron chi connectivity index (χ3n) is 2.34. The van der Waals surface area contributed by atoms with Crippen LogP contribution in [-0.2, 0) is 16.0 Å². The number of hydrogen-bond donors (Lipinski definition) is 3. The highest BCUT2D eigenvalue weighted by Gasteiger charge is 2.38. The number of carboxylic acids is 2. The van der Waals surface area contributed by atoms with Gasteiger partial charge in [-0.25, -0.2) is 9.18 Å². The summed E-state index contributed by atoms with van der Waals surface area (Å²) in [5.74, 6) is -3.83. The Hall–Kier alpha value is -1.68. The first-order valence-corrected chi connectivity index (χ1v) is 7.00. The number of aliphatic carboxylic acids is 2. The number of carboxylic acid groups (broad SMARTS) is 2. The van der Waals surface area contributed by atoms with Crippen LogP contribution in [0.1, 0.15) is 12.0 Å². The van der Waals surface area contributed by atoms with E-state index in [-0.39, 0.29) is 12.2 Å². The van der Waals surface area contributed by atoms with Crippen LogP contribution >= 0.6 is 15.9 Å². The Bertz CT molecular complexity index is 537. The number of halogens is 5. The van der Waals surface area contributed by atoms with Gasteiger partial charge in [0.15, 0.2) is 0 Å². The molecule has 0 radical (unpaired) electrons. The van der Waals surface area contributed by atoms with Crippen molar-refractivity contribution in [2.75, 3.05) is 13.1 Å². The highest BCUT2D eigenvalue weighted by atomic mass is 79.9. The van der Waals surface area contributed by atoms with Gasteiger partial charge in [0, 0.05) is 11.0 Å². The van der Waals surface area contributed by atoms with Crippen LogP contribution < -0.4 is 5.32 Å². The van der Waals surface area contributed by atoms with Crippen LogP contribution in [0.25, 0.3) is 0 Å². The van der Waals surface area contributed by atoms with Crippen molar-refractivity contribution < 1.29 is 37.4 Å². The number of rotatable bonds is 6. The minimum atomic E-state index is -5.08. The molecule has 0 spiro atoms. The molecule has 10 heteroatoms. The standard InChI is InChI=1S/C11H13BrFNO2.C2HF3O2/c12-9-2-1-8(10(13)7-9)3-5-14-6-4-11(15)16;3-2(4,5)1(6)7/h1-2,7,14H,3-6H2,(H,15,16);(H,6,7). The van der Waals surface area contributed by atoms with Crippen molar-refractivity contribution in [3.8, 4) is 0 Å². The molecule has 0 saturated heterocycles. The molecule has 23 heavy (non-hydrogen) atoms. The molecule has 0 aliphatic heterocycles. The minimum absolute atomic E-state index is 0.0861. The molecule has 0 atom stereocenters. The third-order valence-corrected chi connectivity index (χ3v) is 2.84. The Kier molecular flexibility index (Phi) is 9.42. The Balaban J connectivity index is 0.000000585. The van der Waals surface area contributed by atoms with E-state index in [2.05, 4.69) is 21.2 Å². The van der Waals surface area contributed by atoms with E-state index in [1.165, 1.54) is 6.07 Å². The molecule has 0 aliphatic carbocycles. The van der Waals surface area contributed by atoms with Gasteiger partial charge >= 0.3 is 18.1 Å². The van der Waals surface area contributed by atoms with E-state index in [1.807, 2.05) is 0 Å². The van der Waals surface area contributed by atoms with Crippen LogP contribution in [0.4, 0.5) is 17.6 Å². The van der Waals surface area contributed by atoms with Crippen molar-refractivity contribution in [2.24, 2.45) is 0 Å². The first kappa shape index (κ1) is 21.3. The first-order chi connectivity index (χ1) is 10.5. The summed E-state index contributed by atoms with van der Waals surface area (Å²) in [5.41, 5.74) is 0.631. The van der Waals surface area contributed by atoms with Gasteiger partial charge in [0.05, 0.1) is 6.42 Å². The lowest BCUT2D eigenvalue weighted by Crippen LogP contribution is -2.21. The van der Waals surface area contributed by atoms with Gasteiger partial charge in [0.1, 0.15) is 5.82 Å². The fourth-order valence-corrected chi connectivity index (χ4v) is 1.60. The lowest BCUT2D eigenvalue weighted by atomic mass is 10.1. The molecule has 0 heterocycles. The maximum atomic E-state index is 13.3. The van der Waals surface area contributed by atoms with Gasteiger partial charge in [-0.05, 0) is 30.7 Å². The number of alkyl halides is 3. The zero-order valence-corrected chi connectivity index (χ0v) is 13.2. The van der Waals surface area contributed by atoms with Crippen molar-refractivity contribution >= 4 is 27.9 Å². The summed E-state index contributed by atoms with van der Waals surface area (Å²) in [4.78, 5) is 19.1. The number of carbonyl (C=O) groups is 2. The molecule has 0 saturated carbocycles. The predicted octanol–water partition coefficient (Wildman–Crippen LogP) is 2.83. The van der Waals surface area contributed by atoms with Crippen molar-refractivity contribution in [3.63, 3.8) is 0 Å². The molecule has 1 aromatic rings. The zero-order chi connectivity index (χ0) is 18.0. The van der Waals surface area contributed by atoms with Gasteiger partial charge in [-0.2, -0.15) is 13.2 Å². The van der Waals surface area contributed by atoms with Gasteiger partial charge in [-0.3, -0.25) is 4.79 Å². The summed E-state index contributed by atoms with van der Waals surface area (Å²) in [7, 11) is 0. The molecule has 1 rings (SSSR count). The third kappa shape index (κ3) is 10.6. The molecule has 0 unspecified atom stereocenters. The second-order valence-electron chi connectivity index (χ2n) is 4.18. The minimum Gasteiger partial charge on any atom is -0.481 e. The number of hydrogen-bond acceptors (Lipinski definition) is 3. The lowest BCUT2D eigenvalue weighted by molar-refractivity contribution is -0.192. The summed E-state index contributed by atoms with van der Waals surface area (Å²) in [5, 5.41) is 18.5. The Morgan fingerprint density at radius 1 is 1.17 bits per heavy atom. The zero-order valence-electron chi connectivity index (χ0n) is 11.7. The van der Waals surface area contributed by atoms with Crippen LogP contribution in [0.5, 0.6) is 0 Å². The Morgan fingerprint density at radius 2 is 1.74 bits per heavy atom. The monoisotopic (exact) mass is 403 g/mol. The average Bonchev–Trinajstić information content (AvgIpc) is 2.40. The van der Waals surface area contributed by atoms with E-state index in [0.717, 1.165) is 0 Å². The van der Waals surface area contributed by atoms with Crippen LogP contribution in [0.15, 0.2) is 22.7 Å². The van der Waals surface area contributed by atoms with Crippen molar-refractivity contribution in [1.29, 1.82) is 0 Å². The second-order valence-corrected chi connectivity index (χ2v) is 5.10. The second kappa shape index (κ2) is 10.2. The lowest BCUT2D eigenvalue weighted by Gasteiger charge is -2.05. The molecule has 0 aromatic heterocycles. The normalized spacial score (nSPS) is 10.7. The van der Waals surface area contributed by atoms with E-state index >= 15 is 0 Å². The topological polar surface area (TPSA) is 86.6 Å². The van der Waals surface area contributed by atoms with Gasteiger partial charge in [0.2, 0.25) is 0 Å². The number of nitrogens with one attached hydrogen (secondary N) is 1. The van der Waals surface area contributed by atoms with Crippen LogP contribution in [0.3, 0.4) is 0 Å². The van der Waals surface area contributed by atoms with Crippen molar-refractivity contribution in [3.05, 3.63) is 34.1 Å². The maximum Gasteiger partial charge on any atom is 0.490 e. The molecule has 130 valence electrons. The van der Waals surface area contributed by atoms with E-state index in [1.54, 1.807) is 12.1 Å². The van der Waals surface area contributed by atoms with E-state index < -0.39 is 18.1 Å². The fourth-order valence-electron chi connectivity index (χ4n) is 1.27. The highest BCUT2D eigenvalue weighted by Crippen LogP contribution is 2.15. The summed E-state index contributed by atoms with van der Waals surface area (Å²) >= 11 is 3.18. The summed E-state index contributed by atoms with van der Waals surface area (Å²) in [6.45, 7) is 0.985. The quantitative estimate of drug-likeness (QED) is 0.502. The highest BCUT2D eigenvalue weighted by molar-refractivity contribution is 9.10. The average molecular weight is 404 g/mol. The smallest absolute Gasteiger partial charge is 0.481 e. The molecule has 0 amide bonds. The van der Waals surface area contributed by atoms with Crippen LogP contribution in [-0.4, -0.2) is 41.4 Å². The van der Waals surface area contributed by atoms with E-state index in [0.29, 0.717) is 29.5 Å². The molecule has 1 aromatic carbocycles. The summed E-state index contributed by atoms with van der Waals surface area (Å²) in [6.07, 6.45) is -4.44. The SMILES string of the molecule is O=C(O)C(F)(F)F.O=C(O)CCNCCc1ccc(Br)cc1F. The predicted molar refractivity (Wildman–Crippen MR) is 76.6 cm³/mol. The fraction of sp³-hybridized carbons (Fsp3) is 0.385. The van der Waals surface area contributed by atoms with Crippen LogP contribution in [0, 0.1) is 5.82 Å². The van der Waals surface area contributed by atoms with Crippen molar-refractivity contribution in [2.45, 2.75) is 19.0 Å². The molecule has 3 N–H and O–H groups in total. The summed E-state index contributed by atoms with van der Waals surface area (Å²) in [6, 6.07) is 4.93. The molecule has 5 nitrogen and oxygen atoms in total. The van der Waals surface area contributed by atoms with E-state index in [4.69, 9.17) is 15.0 Å². The Labute approximate surface area is 137 Å². The van der Waals surface area contributed by atoms with E-state index in [9.17, 15) is 22.4 Å². The van der Waals surface area contributed by atoms with Gasteiger partial charge < -0.3 is 15.5 Å². The van der Waals surface area contributed by atoms with Gasteiger partial charge in [-0.15, -0.1) is 0 Å². The molecular formula is C13H14BrF4NO4. The molecule has 0 fully saturated rings. The molecular weight excluding hydrogens is 390 g/mol.